The zero-order valence-corrected chi connectivity index (χ0v) is 13.3. The van der Waals surface area contributed by atoms with Gasteiger partial charge in [-0.2, -0.15) is 15.0 Å². The van der Waals surface area contributed by atoms with Gasteiger partial charge in [-0.25, -0.2) is 0 Å². The fraction of sp³-hybridized carbons (Fsp3) is 0.438. The molecule has 0 amide bonds. The fourth-order valence-electron chi connectivity index (χ4n) is 2.43. The lowest BCUT2D eigenvalue weighted by Gasteiger charge is -2.12. The maximum absolute atomic E-state index is 5.46. The molecule has 0 unspecified atom stereocenters. The molecule has 0 aliphatic heterocycles. The van der Waals surface area contributed by atoms with Crippen LogP contribution in [0.1, 0.15) is 30.5 Å². The number of aromatic nitrogens is 3. The van der Waals surface area contributed by atoms with E-state index in [2.05, 4.69) is 53.2 Å². The van der Waals surface area contributed by atoms with Crippen molar-refractivity contribution in [1.82, 2.24) is 15.0 Å². The van der Waals surface area contributed by atoms with Crippen LogP contribution in [0, 0.1) is 20.8 Å². The summed E-state index contributed by atoms with van der Waals surface area (Å²) in [6.07, 6.45) is 0. The molecule has 1 aromatic carbocycles. The minimum Gasteiger partial charge on any atom is -0.464 e. The summed E-state index contributed by atoms with van der Waals surface area (Å²) in [5.74, 6) is 1.20. The average Bonchev–Trinajstić information content (AvgIpc) is 2.38. The summed E-state index contributed by atoms with van der Waals surface area (Å²) < 4.78 is 5.46. The van der Waals surface area contributed by atoms with E-state index in [1.54, 1.807) is 0 Å². The third-order valence-corrected chi connectivity index (χ3v) is 3.12. The number of rotatable bonds is 5. The van der Waals surface area contributed by atoms with Gasteiger partial charge in [0.05, 0.1) is 6.61 Å². The molecule has 0 spiro atoms. The van der Waals surface area contributed by atoms with Crippen LogP contribution in [0.15, 0.2) is 12.1 Å². The first kappa shape index (κ1) is 15.2. The number of hydrogen-bond acceptors (Lipinski definition) is 5. The molecular formula is C16H22N4O. The Hall–Kier alpha value is -2.17. The smallest absolute Gasteiger partial charge is 0.321 e. The van der Waals surface area contributed by atoms with Gasteiger partial charge in [0.1, 0.15) is 0 Å². The normalized spacial score (nSPS) is 10.5. The van der Waals surface area contributed by atoms with Gasteiger partial charge in [-0.1, -0.05) is 17.7 Å². The highest BCUT2D eigenvalue weighted by Crippen LogP contribution is 2.27. The highest BCUT2D eigenvalue weighted by molar-refractivity contribution is 5.66. The van der Waals surface area contributed by atoms with Crippen LogP contribution in [0.4, 0.5) is 5.95 Å². The first-order valence-corrected chi connectivity index (χ1v) is 7.26. The van der Waals surface area contributed by atoms with Crippen LogP contribution in [0.5, 0.6) is 6.01 Å². The lowest BCUT2D eigenvalue weighted by Crippen LogP contribution is -2.08. The largest absolute Gasteiger partial charge is 0.464 e. The zero-order chi connectivity index (χ0) is 15.4. The van der Waals surface area contributed by atoms with Crippen molar-refractivity contribution in [2.75, 3.05) is 18.5 Å². The maximum atomic E-state index is 5.46. The minimum atomic E-state index is 0.359. The number of anilines is 1. The Balaban J connectivity index is 2.57. The molecule has 1 aromatic heterocycles. The predicted octanol–water partition coefficient (Wildman–Crippen LogP) is 3.29. The second kappa shape index (κ2) is 6.52. The van der Waals surface area contributed by atoms with Gasteiger partial charge in [0.25, 0.3) is 0 Å². The van der Waals surface area contributed by atoms with E-state index in [0.29, 0.717) is 24.4 Å². The van der Waals surface area contributed by atoms with Gasteiger partial charge in [0, 0.05) is 12.1 Å². The molecule has 0 saturated heterocycles. The van der Waals surface area contributed by atoms with Crippen molar-refractivity contribution in [3.8, 4) is 17.4 Å². The molecule has 112 valence electrons. The minimum absolute atomic E-state index is 0.359. The summed E-state index contributed by atoms with van der Waals surface area (Å²) in [7, 11) is 0. The Bertz CT molecular complexity index is 593. The number of benzene rings is 1. The second-order valence-corrected chi connectivity index (χ2v) is 5.00. The predicted molar refractivity (Wildman–Crippen MR) is 84.8 cm³/mol. The van der Waals surface area contributed by atoms with Gasteiger partial charge in [0.2, 0.25) is 5.95 Å². The van der Waals surface area contributed by atoms with Crippen molar-refractivity contribution in [3.63, 3.8) is 0 Å². The van der Waals surface area contributed by atoms with E-state index in [-0.39, 0.29) is 0 Å². The van der Waals surface area contributed by atoms with Crippen LogP contribution in [0.25, 0.3) is 11.4 Å². The Morgan fingerprint density at radius 1 is 1.00 bits per heavy atom. The van der Waals surface area contributed by atoms with Crippen molar-refractivity contribution in [2.24, 2.45) is 0 Å². The highest BCUT2D eigenvalue weighted by Gasteiger charge is 2.13. The molecule has 5 heteroatoms. The van der Waals surface area contributed by atoms with Crippen LogP contribution >= 0.6 is 0 Å². The monoisotopic (exact) mass is 286 g/mol. The van der Waals surface area contributed by atoms with Gasteiger partial charge in [0.15, 0.2) is 5.82 Å². The molecule has 0 saturated carbocycles. The van der Waals surface area contributed by atoms with Gasteiger partial charge in [-0.15, -0.1) is 0 Å². The first-order valence-electron chi connectivity index (χ1n) is 7.26. The van der Waals surface area contributed by atoms with Crippen molar-refractivity contribution < 1.29 is 4.74 Å². The van der Waals surface area contributed by atoms with Crippen LogP contribution in [-0.2, 0) is 0 Å². The Kier molecular flexibility index (Phi) is 4.73. The van der Waals surface area contributed by atoms with Crippen LogP contribution in [-0.4, -0.2) is 28.1 Å². The lowest BCUT2D eigenvalue weighted by atomic mass is 9.99. The third-order valence-electron chi connectivity index (χ3n) is 3.12. The molecule has 1 heterocycles. The van der Waals surface area contributed by atoms with E-state index in [1.807, 2.05) is 13.8 Å². The second-order valence-electron chi connectivity index (χ2n) is 5.00. The Morgan fingerprint density at radius 2 is 1.67 bits per heavy atom. The summed E-state index contributed by atoms with van der Waals surface area (Å²) in [6, 6.07) is 4.64. The lowest BCUT2D eigenvalue weighted by molar-refractivity contribution is 0.312. The van der Waals surface area contributed by atoms with E-state index < -0.39 is 0 Å². The van der Waals surface area contributed by atoms with Gasteiger partial charge in [-0.3, -0.25) is 0 Å². The van der Waals surface area contributed by atoms with E-state index in [0.717, 1.165) is 23.2 Å². The topological polar surface area (TPSA) is 59.9 Å². The summed E-state index contributed by atoms with van der Waals surface area (Å²) in [5.41, 5.74) is 4.59. The number of nitrogens with zero attached hydrogens (tertiary/aromatic N) is 3. The number of aryl methyl sites for hydroxylation is 3. The molecule has 0 atom stereocenters. The number of ether oxygens (including phenoxy) is 1. The van der Waals surface area contributed by atoms with E-state index in [9.17, 15) is 0 Å². The highest BCUT2D eigenvalue weighted by atomic mass is 16.5. The van der Waals surface area contributed by atoms with E-state index in [4.69, 9.17) is 4.74 Å². The van der Waals surface area contributed by atoms with E-state index in [1.165, 1.54) is 5.56 Å². The van der Waals surface area contributed by atoms with E-state index >= 15 is 0 Å². The zero-order valence-electron chi connectivity index (χ0n) is 13.3. The fourth-order valence-corrected chi connectivity index (χ4v) is 2.43. The number of nitrogens with one attached hydrogen (secondary N) is 1. The maximum Gasteiger partial charge on any atom is 0.321 e. The molecule has 0 aliphatic rings. The summed E-state index contributed by atoms with van der Waals surface area (Å²) >= 11 is 0. The Labute approximate surface area is 125 Å². The van der Waals surface area contributed by atoms with Crippen molar-refractivity contribution >= 4 is 5.95 Å². The molecule has 0 radical (unpaired) electrons. The first-order chi connectivity index (χ1) is 10.0. The van der Waals surface area contributed by atoms with Crippen molar-refractivity contribution in [3.05, 3.63) is 28.8 Å². The number of hydrogen-bond donors (Lipinski definition) is 1. The van der Waals surface area contributed by atoms with Gasteiger partial charge >= 0.3 is 6.01 Å². The average molecular weight is 286 g/mol. The molecule has 21 heavy (non-hydrogen) atoms. The summed E-state index contributed by atoms with van der Waals surface area (Å²) in [4.78, 5) is 13.2. The molecule has 0 aliphatic carbocycles. The SMILES string of the molecule is CCNc1nc(OCC)nc(-c2c(C)cc(C)cc2C)n1. The molecule has 2 rings (SSSR count). The van der Waals surface area contributed by atoms with Gasteiger partial charge in [-0.05, 0) is 45.7 Å². The Morgan fingerprint density at radius 3 is 2.24 bits per heavy atom. The molecule has 5 nitrogen and oxygen atoms in total. The molecule has 1 N–H and O–H groups in total. The molecular weight excluding hydrogens is 264 g/mol. The van der Waals surface area contributed by atoms with Crippen molar-refractivity contribution in [2.45, 2.75) is 34.6 Å². The molecule has 2 aromatic rings. The van der Waals surface area contributed by atoms with Crippen molar-refractivity contribution in [1.29, 1.82) is 0 Å². The van der Waals surface area contributed by atoms with Crippen LogP contribution < -0.4 is 10.1 Å². The summed E-state index contributed by atoms with van der Waals surface area (Å²) in [6.45, 7) is 11.4. The van der Waals surface area contributed by atoms with Crippen LogP contribution in [0.3, 0.4) is 0 Å². The van der Waals surface area contributed by atoms with Crippen LogP contribution in [0.2, 0.25) is 0 Å². The molecule has 0 bridgehead atoms. The molecule has 0 fully saturated rings. The quantitative estimate of drug-likeness (QED) is 0.914. The van der Waals surface area contributed by atoms with Gasteiger partial charge < -0.3 is 10.1 Å². The summed E-state index contributed by atoms with van der Waals surface area (Å²) in [5, 5.41) is 3.12. The third kappa shape index (κ3) is 3.48. The standard InChI is InChI=1S/C16H22N4O/c1-6-17-15-18-14(19-16(20-15)21-7-2)13-11(4)8-10(3)9-12(13)5/h8-9H,6-7H2,1-5H3,(H,17,18,19,20).